The minimum Gasteiger partial charge on any atom is -0.389 e. The highest BCUT2D eigenvalue weighted by atomic mass is 17.1. The second-order valence-electron chi connectivity index (χ2n) is 5.76. The minimum absolute atomic E-state index is 0.0508. The number of hydrogen-bond acceptors (Lipinski definition) is 9. The van der Waals surface area contributed by atoms with E-state index in [9.17, 15) is 5.11 Å². The fourth-order valence-corrected chi connectivity index (χ4v) is 3.29. The summed E-state index contributed by atoms with van der Waals surface area (Å²) in [6.45, 7) is 0.0950. The van der Waals surface area contributed by atoms with Crippen LogP contribution >= 0.6 is 0 Å². The van der Waals surface area contributed by atoms with Gasteiger partial charge >= 0.3 is 0 Å². The highest BCUT2D eigenvalue weighted by Gasteiger charge is 2.53. The largest absolute Gasteiger partial charge is 0.389 e. The molecule has 2 fully saturated rings. The first-order valence-corrected chi connectivity index (χ1v) is 6.98. The van der Waals surface area contributed by atoms with E-state index in [0.717, 1.165) is 0 Å². The van der Waals surface area contributed by atoms with E-state index in [0.29, 0.717) is 12.8 Å². The fourth-order valence-electron chi connectivity index (χ4n) is 3.29. The molecular weight excluding hydrogens is 284 g/mol. The van der Waals surface area contributed by atoms with Crippen molar-refractivity contribution in [2.24, 2.45) is 5.73 Å². The summed E-state index contributed by atoms with van der Waals surface area (Å²) in [5.74, 6) is 0. The van der Waals surface area contributed by atoms with E-state index in [4.69, 9.17) is 25.7 Å². The van der Waals surface area contributed by atoms with E-state index in [-0.39, 0.29) is 38.1 Å². The smallest absolute Gasteiger partial charge is 0.111 e. The fraction of sp³-hybridized carbons (Fsp3) is 1.00. The molecule has 2 rings (SSSR count). The van der Waals surface area contributed by atoms with Gasteiger partial charge in [0.25, 0.3) is 0 Å². The number of rotatable bonds is 7. The minimum atomic E-state index is -0.846. The topological polar surface area (TPSA) is 136 Å². The van der Waals surface area contributed by atoms with E-state index in [1.54, 1.807) is 7.05 Å². The Morgan fingerprint density at radius 2 is 2.19 bits per heavy atom. The van der Waals surface area contributed by atoms with Gasteiger partial charge in [-0.25, -0.2) is 9.78 Å². The SMILES string of the molecule is CNC1C(O)COC2C[C@@](COO)(CC(N)COO)OC21. The molecule has 0 aromatic heterocycles. The van der Waals surface area contributed by atoms with Gasteiger partial charge < -0.3 is 25.6 Å². The zero-order chi connectivity index (χ0) is 15.5. The molecule has 9 nitrogen and oxygen atoms in total. The van der Waals surface area contributed by atoms with Crippen LogP contribution in [0.1, 0.15) is 12.8 Å². The van der Waals surface area contributed by atoms with Gasteiger partial charge in [-0.15, -0.1) is 0 Å². The quantitative estimate of drug-likeness (QED) is 0.283. The number of fused-ring (bicyclic) bond motifs is 1. The first-order valence-electron chi connectivity index (χ1n) is 6.98. The first kappa shape index (κ1) is 17.0. The molecule has 2 saturated heterocycles. The summed E-state index contributed by atoms with van der Waals surface area (Å²) < 4.78 is 11.7. The van der Waals surface area contributed by atoms with Gasteiger partial charge in [-0.2, -0.15) is 0 Å². The van der Waals surface area contributed by atoms with Crippen molar-refractivity contribution >= 4 is 0 Å². The monoisotopic (exact) mass is 308 g/mol. The van der Waals surface area contributed by atoms with E-state index in [1.165, 1.54) is 0 Å². The van der Waals surface area contributed by atoms with Crippen LogP contribution in [0.3, 0.4) is 0 Å². The molecule has 0 amide bonds. The number of aliphatic hydroxyl groups excluding tert-OH is 1. The summed E-state index contributed by atoms with van der Waals surface area (Å²) in [5, 5.41) is 30.3. The maximum atomic E-state index is 9.96. The Hall–Kier alpha value is -0.360. The lowest BCUT2D eigenvalue weighted by atomic mass is 9.89. The van der Waals surface area contributed by atoms with Crippen LogP contribution in [0.4, 0.5) is 0 Å². The van der Waals surface area contributed by atoms with Gasteiger partial charge in [0.2, 0.25) is 0 Å². The Morgan fingerprint density at radius 3 is 2.81 bits per heavy atom. The molecule has 9 heteroatoms. The van der Waals surface area contributed by atoms with Crippen molar-refractivity contribution in [2.75, 3.05) is 26.9 Å². The number of aliphatic hydroxyl groups is 1. The lowest BCUT2D eigenvalue weighted by molar-refractivity contribution is -0.282. The number of likely N-dealkylation sites (N-methyl/N-ethyl adjacent to an activating group) is 1. The lowest BCUT2D eigenvalue weighted by Crippen LogP contribution is -2.57. The number of nitrogens with two attached hydrogens (primary N) is 1. The average Bonchev–Trinajstić information content (AvgIpc) is 2.77. The molecule has 124 valence electrons. The molecule has 6 atom stereocenters. The number of nitrogens with one attached hydrogen (secondary N) is 1. The highest BCUT2D eigenvalue weighted by molar-refractivity contribution is 5.04. The van der Waals surface area contributed by atoms with Crippen LogP contribution in [-0.4, -0.2) is 78.5 Å². The predicted molar refractivity (Wildman–Crippen MR) is 70.6 cm³/mol. The van der Waals surface area contributed by atoms with Gasteiger partial charge in [0.05, 0.1) is 37.1 Å². The van der Waals surface area contributed by atoms with Crippen molar-refractivity contribution in [3.05, 3.63) is 0 Å². The summed E-state index contributed by atoms with van der Waals surface area (Å²) in [7, 11) is 1.74. The third-order valence-electron chi connectivity index (χ3n) is 4.16. The molecule has 0 spiro atoms. The maximum absolute atomic E-state index is 9.96. The first-order chi connectivity index (χ1) is 10.0. The van der Waals surface area contributed by atoms with Crippen molar-refractivity contribution < 1.29 is 34.9 Å². The zero-order valence-electron chi connectivity index (χ0n) is 12.0. The predicted octanol–water partition coefficient (Wildman–Crippen LogP) is -1.44. The zero-order valence-corrected chi connectivity index (χ0v) is 12.0. The summed E-state index contributed by atoms with van der Waals surface area (Å²) in [6, 6.07) is -0.752. The van der Waals surface area contributed by atoms with Crippen LogP contribution in [-0.2, 0) is 19.2 Å². The van der Waals surface area contributed by atoms with E-state index < -0.39 is 17.7 Å². The van der Waals surface area contributed by atoms with Crippen molar-refractivity contribution in [3.63, 3.8) is 0 Å². The third kappa shape index (κ3) is 3.70. The molecule has 2 aliphatic heterocycles. The molecule has 6 N–H and O–H groups in total. The normalized spacial score (nSPS) is 41.0. The van der Waals surface area contributed by atoms with Crippen LogP contribution in [0.25, 0.3) is 0 Å². The molecule has 2 aliphatic rings. The molecule has 0 aliphatic carbocycles. The van der Waals surface area contributed by atoms with Crippen LogP contribution in [0.5, 0.6) is 0 Å². The van der Waals surface area contributed by atoms with Gasteiger partial charge in [-0.05, 0) is 13.5 Å². The Balaban J connectivity index is 2.09. The van der Waals surface area contributed by atoms with Gasteiger partial charge in [0, 0.05) is 12.5 Å². The molecule has 0 bridgehead atoms. The number of ether oxygens (including phenoxy) is 2. The van der Waals surface area contributed by atoms with Crippen LogP contribution < -0.4 is 11.1 Å². The summed E-state index contributed by atoms with van der Waals surface area (Å²) in [5.41, 5.74) is 5.01. The Kier molecular flexibility index (Phi) is 5.88. The third-order valence-corrected chi connectivity index (χ3v) is 4.16. The van der Waals surface area contributed by atoms with E-state index >= 15 is 0 Å². The second-order valence-corrected chi connectivity index (χ2v) is 5.76. The Morgan fingerprint density at radius 1 is 1.43 bits per heavy atom. The maximum Gasteiger partial charge on any atom is 0.111 e. The van der Waals surface area contributed by atoms with E-state index in [1.807, 2.05) is 0 Å². The Labute approximate surface area is 122 Å². The van der Waals surface area contributed by atoms with Crippen LogP contribution in [0.15, 0.2) is 0 Å². The molecule has 0 radical (unpaired) electrons. The second kappa shape index (κ2) is 7.27. The van der Waals surface area contributed by atoms with Gasteiger partial charge in [-0.1, -0.05) is 0 Å². The summed E-state index contributed by atoms with van der Waals surface area (Å²) >= 11 is 0. The van der Waals surface area contributed by atoms with E-state index in [2.05, 4.69) is 15.1 Å². The van der Waals surface area contributed by atoms with Crippen LogP contribution in [0.2, 0.25) is 0 Å². The van der Waals surface area contributed by atoms with Crippen molar-refractivity contribution in [2.45, 2.75) is 48.8 Å². The molecule has 21 heavy (non-hydrogen) atoms. The van der Waals surface area contributed by atoms with Gasteiger partial charge in [0.1, 0.15) is 12.7 Å². The average molecular weight is 308 g/mol. The lowest BCUT2D eigenvalue weighted by Gasteiger charge is -2.37. The standard InChI is InChI=1S/C12H24N2O7/c1-14-10-8(15)5-18-9-3-12(6-20-17,21-11(9)10)2-7(13)4-19-16/h7-11,14-17H,2-6,13H2,1H3/t7?,8?,9?,10?,11?,12-/m1/s1. The number of hydrogen-bond donors (Lipinski definition) is 5. The van der Waals surface area contributed by atoms with Gasteiger partial charge in [0.15, 0.2) is 0 Å². The summed E-state index contributed by atoms with van der Waals surface area (Å²) in [6.07, 6.45) is -0.463. The molecule has 5 unspecified atom stereocenters. The van der Waals surface area contributed by atoms with Crippen LogP contribution in [0, 0.1) is 0 Å². The molecule has 0 aromatic rings. The molecule has 0 aromatic carbocycles. The van der Waals surface area contributed by atoms with Crippen molar-refractivity contribution in [3.8, 4) is 0 Å². The van der Waals surface area contributed by atoms with Gasteiger partial charge in [-0.3, -0.25) is 10.5 Å². The van der Waals surface area contributed by atoms with Crippen molar-refractivity contribution in [1.82, 2.24) is 5.32 Å². The highest BCUT2D eigenvalue weighted by Crippen LogP contribution is 2.40. The molecular formula is C12H24N2O7. The molecule has 0 saturated carbocycles. The van der Waals surface area contributed by atoms with Crippen molar-refractivity contribution in [1.29, 1.82) is 0 Å². The Bertz CT molecular complexity index is 335. The molecule has 2 heterocycles. The summed E-state index contributed by atoms with van der Waals surface area (Å²) in [4.78, 5) is 8.34.